The molecule has 0 saturated carbocycles. The number of aryl methyl sites for hydroxylation is 1. The maximum Gasteiger partial charge on any atom is 0.329 e. The van der Waals surface area contributed by atoms with Crippen LogP contribution in [0.15, 0.2) is 18.6 Å². The first-order chi connectivity index (χ1) is 11.0. The van der Waals surface area contributed by atoms with Crippen molar-refractivity contribution in [3.05, 3.63) is 28.7 Å². The summed E-state index contributed by atoms with van der Waals surface area (Å²) in [5.41, 5.74) is 6.39. The van der Waals surface area contributed by atoms with Gasteiger partial charge in [0.25, 0.3) is 0 Å². The molecule has 0 aliphatic carbocycles. The molecule has 0 amide bonds. The summed E-state index contributed by atoms with van der Waals surface area (Å²) in [5.74, 6) is 0.179. The number of nitrogens with zero attached hydrogens (tertiary/aromatic N) is 6. The number of piperidine rings is 1. The van der Waals surface area contributed by atoms with Crippen molar-refractivity contribution in [2.24, 2.45) is 7.05 Å². The van der Waals surface area contributed by atoms with Crippen molar-refractivity contribution in [3.8, 4) is 0 Å². The summed E-state index contributed by atoms with van der Waals surface area (Å²) >= 11 is 0. The third-order valence-electron chi connectivity index (χ3n) is 3.81. The Morgan fingerprint density at radius 3 is 2.96 bits per heavy atom. The summed E-state index contributed by atoms with van der Waals surface area (Å²) in [6, 6.07) is 0.143. The van der Waals surface area contributed by atoms with E-state index in [0.29, 0.717) is 5.95 Å². The number of nitro groups is 1. The molecule has 0 aromatic carbocycles. The van der Waals surface area contributed by atoms with E-state index in [2.05, 4.69) is 25.3 Å². The van der Waals surface area contributed by atoms with E-state index < -0.39 is 4.92 Å². The Morgan fingerprint density at radius 2 is 2.30 bits per heavy atom. The molecule has 2 aromatic rings. The van der Waals surface area contributed by atoms with Crippen molar-refractivity contribution < 1.29 is 4.92 Å². The average molecular weight is 318 g/mol. The molecule has 0 bridgehead atoms. The van der Waals surface area contributed by atoms with Crippen LogP contribution >= 0.6 is 0 Å². The SMILES string of the molecule is Cn1cc(N2CCCC(Nc3ncc([N+](=O)[O-])c(N)n3)C2)cn1. The van der Waals surface area contributed by atoms with Crippen LogP contribution in [-0.2, 0) is 7.05 Å². The molecule has 3 rings (SSSR count). The minimum Gasteiger partial charge on any atom is -0.378 e. The molecule has 0 spiro atoms. The van der Waals surface area contributed by atoms with Gasteiger partial charge in [0.2, 0.25) is 11.8 Å². The summed E-state index contributed by atoms with van der Waals surface area (Å²) in [6.45, 7) is 1.75. The van der Waals surface area contributed by atoms with Crippen molar-refractivity contribution in [2.45, 2.75) is 18.9 Å². The van der Waals surface area contributed by atoms with Crippen LogP contribution in [0.4, 0.5) is 23.1 Å². The molecule has 1 aliphatic rings. The van der Waals surface area contributed by atoms with Gasteiger partial charge in [0.05, 0.1) is 16.8 Å². The van der Waals surface area contributed by atoms with Gasteiger partial charge < -0.3 is 16.0 Å². The van der Waals surface area contributed by atoms with E-state index in [1.807, 2.05) is 19.4 Å². The van der Waals surface area contributed by atoms with Crippen molar-refractivity contribution in [2.75, 3.05) is 29.0 Å². The topological polar surface area (TPSA) is 128 Å². The van der Waals surface area contributed by atoms with Crippen molar-refractivity contribution in [3.63, 3.8) is 0 Å². The molecule has 122 valence electrons. The number of nitrogens with one attached hydrogen (secondary N) is 1. The van der Waals surface area contributed by atoms with E-state index in [9.17, 15) is 10.1 Å². The summed E-state index contributed by atoms with van der Waals surface area (Å²) in [4.78, 5) is 20.3. The highest BCUT2D eigenvalue weighted by molar-refractivity contribution is 5.53. The van der Waals surface area contributed by atoms with Gasteiger partial charge >= 0.3 is 5.69 Å². The van der Waals surface area contributed by atoms with E-state index in [4.69, 9.17) is 5.73 Å². The van der Waals surface area contributed by atoms with Crippen LogP contribution in [0.5, 0.6) is 0 Å². The lowest BCUT2D eigenvalue weighted by Crippen LogP contribution is -2.42. The van der Waals surface area contributed by atoms with Crippen LogP contribution in [-0.4, -0.2) is 43.8 Å². The predicted octanol–water partition coefficient (Wildman–Crippen LogP) is 0.781. The molecule has 2 aromatic heterocycles. The van der Waals surface area contributed by atoms with Crippen molar-refractivity contribution in [1.82, 2.24) is 19.7 Å². The molecule has 1 atom stereocenters. The molecule has 1 fully saturated rings. The standard InChI is InChI=1S/C13H18N8O2/c1-19-8-10(5-16-19)20-4-2-3-9(7-20)17-13-15-6-11(21(22)23)12(14)18-13/h5-6,8-9H,2-4,7H2,1H3,(H3,14,15,17,18). The lowest BCUT2D eigenvalue weighted by atomic mass is 10.1. The average Bonchev–Trinajstić information content (AvgIpc) is 2.94. The molecule has 23 heavy (non-hydrogen) atoms. The third kappa shape index (κ3) is 3.30. The summed E-state index contributed by atoms with van der Waals surface area (Å²) in [7, 11) is 1.89. The first-order valence-corrected chi connectivity index (χ1v) is 7.30. The second-order valence-electron chi connectivity index (χ2n) is 5.52. The first-order valence-electron chi connectivity index (χ1n) is 7.30. The molecule has 3 heterocycles. The molecule has 1 unspecified atom stereocenters. The Balaban J connectivity index is 1.68. The quantitative estimate of drug-likeness (QED) is 0.625. The lowest BCUT2D eigenvalue weighted by Gasteiger charge is -2.33. The molecular weight excluding hydrogens is 300 g/mol. The zero-order chi connectivity index (χ0) is 16.4. The van der Waals surface area contributed by atoms with Crippen molar-refractivity contribution >= 4 is 23.1 Å². The highest BCUT2D eigenvalue weighted by Gasteiger charge is 2.22. The fraction of sp³-hybridized carbons (Fsp3) is 0.462. The van der Waals surface area contributed by atoms with Crippen molar-refractivity contribution in [1.29, 1.82) is 0 Å². The predicted molar refractivity (Wildman–Crippen MR) is 85.2 cm³/mol. The van der Waals surface area contributed by atoms with E-state index in [-0.39, 0.29) is 17.5 Å². The zero-order valence-electron chi connectivity index (χ0n) is 12.7. The normalized spacial score (nSPS) is 18.0. The van der Waals surface area contributed by atoms with Crippen LogP contribution in [0.1, 0.15) is 12.8 Å². The van der Waals surface area contributed by atoms with Crippen LogP contribution in [0.3, 0.4) is 0 Å². The maximum atomic E-state index is 10.7. The summed E-state index contributed by atoms with van der Waals surface area (Å²) in [6.07, 6.45) is 6.93. The Kier molecular flexibility index (Phi) is 3.96. The maximum absolute atomic E-state index is 10.7. The Morgan fingerprint density at radius 1 is 1.48 bits per heavy atom. The molecule has 10 heteroatoms. The number of aromatic nitrogens is 4. The van der Waals surface area contributed by atoms with Gasteiger partial charge in [0, 0.05) is 32.4 Å². The Hall–Kier alpha value is -2.91. The second kappa shape index (κ2) is 6.07. The largest absolute Gasteiger partial charge is 0.378 e. The fourth-order valence-corrected chi connectivity index (χ4v) is 2.68. The van der Waals surface area contributed by atoms with Gasteiger partial charge in [-0.05, 0) is 12.8 Å². The summed E-state index contributed by atoms with van der Waals surface area (Å²) in [5, 5.41) is 18.1. The lowest BCUT2D eigenvalue weighted by molar-refractivity contribution is -0.384. The van der Waals surface area contributed by atoms with E-state index in [1.165, 1.54) is 0 Å². The number of rotatable bonds is 4. The van der Waals surface area contributed by atoms with E-state index in [0.717, 1.165) is 37.8 Å². The van der Waals surface area contributed by atoms with Crippen LogP contribution < -0.4 is 16.0 Å². The van der Waals surface area contributed by atoms with Gasteiger partial charge in [-0.3, -0.25) is 14.8 Å². The minimum atomic E-state index is -0.593. The molecule has 3 N–H and O–H groups in total. The summed E-state index contributed by atoms with van der Waals surface area (Å²) < 4.78 is 1.77. The van der Waals surface area contributed by atoms with Gasteiger partial charge in [0.15, 0.2) is 0 Å². The number of anilines is 3. The van der Waals surface area contributed by atoms with Gasteiger partial charge in [-0.1, -0.05) is 0 Å². The number of nitrogen functional groups attached to an aromatic ring is 1. The number of hydrogen-bond donors (Lipinski definition) is 2. The second-order valence-corrected chi connectivity index (χ2v) is 5.52. The molecule has 0 radical (unpaired) electrons. The molecule has 10 nitrogen and oxygen atoms in total. The van der Waals surface area contributed by atoms with E-state index in [1.54, 1.807) is 4.68 Å². The van der Waals surface area contributed by atoms with Gasteiger partial charge in [-0.25, -0.2) is 4.98 Å². The van der Waals surface area contributed by atoms with Gasteiger partial charge in [-0.2, -0.15) is 10.1 Å². The highest BCUT2D eigenvalue weighted by Crippen LogP contribution is 2.22. The zero-order valence-corrected chi connectivity index (χ0v) is 12.7. The van der Waals surface area contributed by atoms with Gasteiger partial charge in [-0.15, -0.1) is 0 Å². The van der Waals surface area contributed by atoms with Crippen LogP contribution in [0.2, 0.25) is 0 Å². The molecule has 1 aliphatic heterocycles. The van der Waals surface area contributed by atoms with Gasteiger partial charge in [0.1, 0.15) is 6.20 Å². The molecular formula is C13H18N8O2. The first kappa shape index (κ1) is 15.0. The smallest absolute Gasteiger partial charge is 0.329 e. The Labute approximate surface area is 132 Å². The highest BCUT2D eigenvalue weighted by atomic mass is 16.6. The third-order valence-corrected chi connectivity index (χ3v) is 3.81. The van der Waals surface area contributed by atoms with Crippen LogP contribution in [0.25, 0.3) is 0 Å². The fourth-order valence-electron chi connectivity index (χ4n) is 2.68. The van der Waals surface area contributed by atoms with Crippen LogP contribution in [0, 0.1) is 10.1 Å². The Bertz CT molecular complexity index is 716. The van der Waals surface area contributed by atoms with E-state index >= 15 is 0 Å². The number of hydrogen-bond acceptors (Lipinski definition) is 8. The minimum absolute atomic E-state index is 0.132. The monoisotopic (exact) mass is 318 g/mol. The molecule has 1 saturated heterocycles. The number of nitrogens with two attached hydrogens (primary N) is 1.